The largest absolute Gasteiger partial charge is 0.465 e. The van der Waals surface area contributed by atoms with E-state index in [0.29, 0.717) is 12.6 Å². The normalized spacial score (nSPS) is 19.6. The first-order valence-corrected chi connectivity index (χ1v) is 8.46. The topological polar surface area (TPSA) is 41.6 Å². The molecule has 1 aliphatic rings. The number of carbonyl (C=O) groups excluding carboxylic acids is 1. The summed E-state index contributed by atoms with van der Waals surface area (Å²) < 4.78 is 5.23. The summed E-state index contributed by atoms with van der Waals surface area (Å²) in [7, 11) is 1.85. The van der Waals surface area contributed by atoms with Crippen molar-refractivity contribution in [1.82, 2.24) is 10.2 Å². The van der Waals surface area contributed by atoms with Gasteiger partial charge in [0.2, 0.25) is 0 Å². The maximum absolute atomic E-state index is 12.2. The summed E-state index contributed by atoms with van der Waals surface area (Å²) in [6.07, 6.45) is 4.61. The van der Waals surface area contributed by atoms with Crippen LogP contribution in [0.1, 0.15) is 60.3 Å². The van der Waals surface area contributed by atoms with Gasteiger partial charge in [-0.25, -0.2) is 0 Å². The monoisotopic (exact) mass is 298 g/mol. The number of nitrogens with one attached hydrogen (secondary N) is 1. The van der Waals surface area contributed by atoms with Crippen molar-refractivity contribution in [3.8, 4) is 0 Å². The molecule has 0 saturated heterocycles. The van der Waals surface area contributed by atoms with E-state index < -0.39 is 5.54 Å². The third-order valence-electron chi connectivity index (χ3n) is 4.53. The first-order valence-electron chi connectivity index (χ1n) is 8.46. The van der Waals surface area contributed by atoms with Crippen molar-refractivity contribution in [2.45, 2.75) is 77.9 Å². The highest BCUT2D eigenvalue weighted by Crippen LogP contribution is 2.31. The van der Waals surface area contributed by atoms with Crippen LogP contribution in [0.3, 0.4) is 0 Å². The van der Waals surface area contributed by atoms with Gasteiger partial charge in [0.25, 0.3) is 0 Å². The van der Waals surface area contributed by atoms with Crippen LogP contribution in [0, 0.1) is 5.92 Å². The Morgan fingerprint density at radius 3 is 2.43 bits per heavy atom. The summed E-state index contributed by atoms with van der Waals surface area (Å²) in [5, 5.41) is 3.17. The summed E-state index contributed by atoms with van der Waals surface area (Å²) in [5.74, 6) is 0.582. The molecule has 21 heavy (non-hydrogen) atoms. The standard InChI is InChI=1S/C17H34N2O2/c1-7-21-16(20)17(5,18-6)12-14(4)19(15-8-9-15)11-10-13(2)3/h13-15,18H,7-12H2,1-6H3. The molecule has 0 aromatic rings. The highest BCUT2D eigenvalue weighted by molar-refractivity contribution is 5.80. The molecule has 124 valence electrons. The minimum absolute atomic E-state index is 0.140. The number of nitrogens with zero attached hydrogens (tertiary/aromatic N) is 1. The summed E-state index contributed by atoms with van der Waals surface area (Å²) in [5.41, 5.74) is -0.597. The maximum Gasteiger partial charge on any atom is 0.326 e. The van der Waals surface area contributed by atoms with Crippen molar-refractivity contribution in [2.75, 3.05) is 20.2 Å². The Morgan fingerprint density at radius 2 is 2.00 bits per heavy atom. The van der Waals surface area contributed by atoms with Gasteiger partial charge in [-0.3, -0.25) is 9.69 Å². The smallest absolute Gasteiger partial charge is 0.326 e. The molecule has 0 radical (unpaired) electrons. The first kappa shape index (κ1) is 18.4. The summed E-state index contributed by atoms with van der Waals surface area (Å²) in [6.45, 7) is 12.2. The third kappa shape index (κ3) is 5.59. The van der Waals surface area contributed by atoms with Crippen LogP contribution >= 0.6 is 0 Å². The highest BCUT2D eigenvalue weighted by atomic mass is 16.5. The number of likely N-dealkylation sites (N-methyl/N-ethyl adjacent to an activating group) is 1. The molecular formula is C17H34N2O2. The summed E-state index contributed by atoms with van der Waals surface area (Å²) in [6, 6.07) is 1.11. The summed E-state index contributed by atoms with van der Waals surface area (Å²) in [4.78, 5) is 14.8. The van der Waals surface area contributed by atoms with E-state index in [9.17, 15) is 4.79 Å². The molecule has 2 unspecified atom stereocenters. The van der Waals surface area contributed by atoms with Crippen LogP contribution in [0.15, 0.2) is 0 Å². The van der Waals surface area contributed by atoms with Gasteiger partial charge in [0.1, 0.15) is 5.54 Å². The number of carbonyl (C=O) groups is 1. The van der Waals surface area contributed by atoms with Crippen LogP contribution in [0.25, 0.3) is 0 Å². The lowest BCUT2D eigenvalue weighted by atomic mass is 9.92. The molecule has 4 nitrogen and oxygen atoms in total. The highest BCUT2D eigenvalue weighted by Gasteiger charge is 2.39. The minimum Gasteiger partial charge on any atom is -0.465 e. The van der Waals surface area contributed by atoms with Gasteiger partial charge in [0.05, 0.1) is 6.61 Å². The molecule has 0 amide bonds. The van der Waals surface area contributed by atoms with E-state index in [4.69, 9.17) is 4.74 Å². The van der Waals surface area contributed by atoms with Gasteiger partial charge in [0, 0.05) is 12.1 Å². The van der Waals surface area contributed by atoms with Gasteiger partial charge in [0.15, 0.2) is 0 Å². The Balaban J connectivity index is 2.65. The molecule has 4 heteroatoms. The molecule has 1 rings (SSSR count). The average molecular weight is 298 g/mol. The molecule has 1 fully saturated rings. The molecule has 1 saturated carbocycles. The SMILES string of the molecule is CCOC(=O)C(C)(CC(C)N(CCC(C)C)C1CC1)NC. The Labute approximate surface area is 130 Å². The van der Waals surface area contributed by atoms with Crippen molar-refractivity contribution in [1.29, 1.82) is 0 Å². The zero-order valence-corrected chi connectivity index (χ0v) is 14.7. The predicted molar refractivity (Wildman–Crippen MR) is 87.4 cm³/mol. The van der Waals surface area contributed by atoms with Gasteiger partial charge in [-0.2, -0.15) is 0 Å². The van der Waals surface area contributed by atoms with E-state index in [1.54, 1.807) is 0 Å². The van der Waals surface area contributed by atoms with Crippen LogP contribution in [-0.4, -0.2) is 48.7 Å². The zero-order chi connectivity index (χ0) is 16.0. The van der Waals surface area contributed by atoms with E-state index in [2.05, 4.69) is 31.0 Å². The molecule has 0 bridgehead atoms. The fourth-order valence-corrected chi connectivity index (χ4v) is 2.86. The predicted octanol–water partition coefficient (Wildman–Crippen LogP) is 2.82. The zero-order valence-electron chi connectivity index (χ0n) is 14.7. The molecule has 0 aliphatic heterocycles. The van der Waals surface area contributed by atoms with Crippen LogP contribution < -0.4 is 5.32 Å². The lowest BCUT2D eigenvalue weighted by molar-refractivity contribution is -0.151. The van der Waals surface area contributed by atoms with Gasteiger partial charge in [-0.05, 0) is 66.0 Å². The van der Waals surface area contributed by atoms with Crippen molar-refractivity contribution in [3.05, 3.63) is 0 Å². The van der Waals surface area contributed by atoms with E-state index in [1.165, 1.54) is 19.3 Å². The van der Waals surface area contributed by atoms with E-state index in [0.717, 1.165) is 24.9 Å². The molecule has 0 heterocycles. The van der Waals surface area contributed by atoms with Gasteiger partial charge in [-0.1, -0.05) is 13.8 Å². The fraction of sp³-hybridized carbons (Fsp3) is 0.941. The lowest BCUT2D eigenvalue weighted by Crippen LogP contribution is -2.53. The average Bonchev–Trinajstić information content (AvgIpc) is 3.23. The molecule has 2 atom stereocenters. The van der Waals surface area contributed by atoms with Crippen molar-refractivity contribution in [2.24, 2.45) is 5.92 Å². The number of hydrogen-bond donors (Lipinski definition) is 1. The number of esters is 1. The molecule has 0 aromatic heterocycles. The van der Waals surface area contributed by atoms with Crippen molar-refractivity contribution < 1.29 is 9.53 Å². The second-order valence-corrected chi connectivity index (χ2v) is 7.01. The quantitative estimate of drug-likeness (QED) is 0.630. The Kier molecular flexibility index (Phi) is 7.14. The second-order valence-electron chi connectivity index (χ2n) is 7.01. The van der Waals surface area contributed by atoms with E-state index in [1.807, 2.05) is 20.9 Å². The lowest BCUT2D eigenvalue weighted by Gasteiger charge is -2.36. The summed E-state index contributed by atoms with van der Waals surface area (Å²) >= 11 is 0. The van der Waals surface area contributed by atoms with Crippen LogP contribution in [-0.2, 0) is 9.53 Å². The molecule has 1 aliphatic carbocycles. The van der Waals surface area contributed by atoms with Crippen LogP contribution in [0.2, 0.25) is 0 Å². The van der Waals surface area contributed by atoms with Crippen LogP contribution in [0.4, 0.5) is 0 Å². The van der Waals surface area contributed by atoms with E-state index >= 15 is 0 Å². The third-order valence-corrected chi connectivity index (χ3v) is 4.53. The Morgan fingerprint density at radius 1 is 1.38 bits per heavy atom. The van der Waals surface area contributed by atoms with Crippen LogP contribution in [0.5, 0.6) is 0 Å². The number of hydrogen-bond acceptors (Lipinski definition) is 4. The maximum atomic E-state index is 12.2. The van der Waals surface area contributed by atoms with E-state index in [-0.39, 0.29) is 5.97 Å². The molecular weight excluding hydrogens is 264 g/mol. The minimum atomic E-state index is -0.597. The number of ether oxygens (including phenoxy) is 1. The van der Waals surface area contributed by atoms with Gasteiger partial charge in [-0.15, -0.1) is 0 Å². The fourth-order valence-electron chi connectivity index (χ4n) is 2.86. The van der Waals surface area contributed by atoms with Crippen molar-refractivity contribution in [3.63, 3.8) is 0 Å². The molecule has 0 aromatic carbocycles. The number of rotatable bonds is 10. The van der Waals surface area contributed by atoms with Gasteiger partial charge >= 0.3 is 5.97 Å². The Hall–Kier alpha value is -0.610. The molecule has 1 N–H and O–H groups in total. The second kappa shape index (κ2) is 8.14. The Bertz CT molecular complexity index is 329. The first-order chi connectivity index (χ1) is 9.84. The molecule has 0 spiro atoms. The van der Waals surface area contributed by atoms with Crippen molar-refractivity contribution >= 4 is 5.97 Å². The van der Waals surface area contributed by atoms with Gasteiger partial charge < -0.3 is 10.1 Å².